The van der Waals surface area contributed by atoms with Gasteiger partial charge in [-0.1, -0.05) is 18.6 Å². The Bertz CT molecular complexity index is 348. The number of rotatable bonds is 3. The Morgan fingerprint density at radius 3 is 2.93 bits per heavy atom. The summed E-state index contributed by atoms with van der Waals surface area (Å²) >= 11 is 0. The zero-order valence-corrected chi connectivity index (χ0v) is 8.16. The number of nitrogens with one attached hydrogen (secondary N) is 1. The Labute approximate surface area is 84.6 Å². The second-order valence-corrected chi connectivity index (χ2v) is 3.82. The summed E-state index contributed by atoms with van der Waals surface area (Å²) in [4.78, 5) is 0. The van der Waals surface area contributed by atoms with Gasteiger partial charge in [0.2, 0.25) is 0 Å². The zero-order valence-electron chi connectivity index (χ0n) is 8.16. The average molecular weight is 186 g/mol. The SMILES string of the molecule is N#Cc1cccc(CNC2CCC2)c1. The van der Waals surface area contributed by atoms with E-state index in [2.05, 4.69) is 17.5 Å². The normalized spacial score (nSPS) is 15.9. The molecule has 1 saturated carbocycles. The van der Waals surface area contributed by atoms with Gasteiger partial charge >= 0.3 is 0 Å². The lowest BCUT2D eigenvalue weighted by atomic mass is 9.93. The molecule has 1 fully saturated rings. The van der Waals surface area contributed by atoms with Gasteiger partial charge in [0, 0.05) is 12.6 Å². The minimum atomic E-state index is 0.709. The summed E-state index contributed by atoms with van der Waals surface area (Å²) in [5.74, 6) is 0. The van der Waals surface area contributed by atoms with Crippen LogP contribution in [0.5, 0.6) is 0 Å². The molecule has 0 heterocycles. The van der Waals surface area contributed by atoms with E-state index in [0.29, 0.717) is 6.04 Å². The van der Waals surface area contributed by atoms with Crippen LogP contribution >= 0.6 is 0 Å². The first kappa shape index (κ1) is 9.23. The van der Waals surface area contributed by atoms with Crippen LogP contribution in [0.25, 0.3) is 0 Å². The Balaban J connectivity index is 1.91. The van der Waals surface area contributed by atoms with Crippen LogP contribution in [-0.2, 0) is 6.54 Å². The third kappa shape index (κ3) is 2.12. The van der Waals surface area contributed by atoms with E-state index >= 15 is 0 Å². The quantitative estimate of drug-likeness (QED) is 0.785. The van der Waals surface area contributed by atoms with E-state index in [-0.39, 0.29) is 0 Å². The molecular formula is C12H14N2. The fraction of sp³-hybridized carbons (Fsp3) is 0.417. The fourth-order valence-corrected chi connectivity index (χ4v) is 1.63. The molecule has 0 bridgehead atoms. The molecule has 1 aromatic carbocycles. The zero-order chi connectivity index (χ0) is 9.80. The average Bonchev–Trinajstić information content (AvgIpc) is 2.16. The predicted octanol–water partition coefficient (Wildman–Crippen LogP) is 2.20. The molecule has 0 atom stereocenters. The third-order valence-corrected chi connectivity index (χ3v) is 2.76. The van der Waals surface area contributed by atoms with E-state index in [0.717, 1.165) is 12.1 Å². The van der Waals surface area contributed by atoms with E-state index < -0.39 is 0 Å². The van der Waals surface area contributed by atoms with Crippen molar-refractivity contribution in [1.82, 2.24) is 5.32 Å². The molecule has 2 heteroatoms. The first-order valence-corrected chi connectivity index (χ1v) is 5.11. The lowest BCUT2D eigenvalue weighted by Crippen LogP contribution is -2.34. The van der Waals surface area contributed by atoms with Gasteiger partial charge < -0.3 is 5.32 Å². The molecule has 0 saturated heterocycles. The van der Waals surface area contributed by atoms with Crippen molar-refractivity contribution in [3.63, 3.8) is 0 Å². The first-order valence-electron chi connectivity index (χ1n) is 5.11. The summed E-state index contributed by atoms with van der Waals surface area (Å²) in [6.07, 6.45) is 3.96. The van der Waals surface area contributed by atoms with Gasteiger partial charge in [-0.25, -0.2) is 0 Å². The number of nitrogens with zero attached hydrogens (tertiary/aromatic N) is 1. The summed E-state index contributed by atoms with van der Waals surface area (Å²) in [6.45, 7) is 0.889. The molecule has 0 spiro atoms. The van der Waals surface area contributed by atoms with Crippen molar-refractivity contribution in [3.05, 3.63) is 35.4 Å². The van der Waals surface area contributed by atoms with Gasteiger partial charge in [0.15, 0.2) is 0 Å². The monoisotopic (exact) mass is 186 g/mol. The van der Waals surface area contributed by atoms with Crippen molar-refractivity contribution in [2.45, 2.75) is 31.8 Å². The highest BCUT2D eigenvalue weighted by atomic mass is 14.9. The fourth-order valence-electron chi connectivity index (χ4n) is 1.63. The van der Waals surface area contributed by atoms with Crippen molar-refractivity contribution in [2.24, 2.45) is 0 Å². The highest BCUT2D eigenvalue weighted by Gasteiger charge is 2.15. The van der Waals surface area contributed by atoms with Crippen molar-refractivity contribution in [2.75, 3.05) is 0 Å². The molecule has 2 nitrogen and oxygen atoms in total. The maximum Gasteiger partial charge on any atom is 0.0991 e. The molecule has 72 valence electrons. The first-order chi connectivity index (χ1) is 6.88. The van der Waals surface area contributed by atoms with E-state index in [1.54, 1.807) is 0 Å². The maximum atomic E-state index is 8.73. The Morgan fingerprint density at radius 1 is 1.43 bits per heavy atom. The van der Waals surface area contributed by atoms with Crippen LogP contribution < -0.4 is 5.32 Å². The Hall–Kier alpha value is -1.33. The largest absolute Gasteiger partial charge is 0.310 e. The molecule has 0 amide bonds. The van der Waals surface area contributed by atoms with Crippen molar-refractivity contribution in [1.29, 1.82) is 5.26 Å². The van der Waals surface area contributed by atoms with Gasteiger partial charge in [0.25, 0.3) is 0 Å². The number of hydrogen-bond donors (Lipinski definition) is 1. The van der Waals surface area contributed by atoms with Gasteiger partial charge in [-0.05, 0) is 30.5 Å². The maximum absolute atomic E-state index is 8.73. The van der Waals surface area contributed by atoms with E-state index in [9.17, 15) is 0 Å². The Morgan fingerprint density at radius 2 is 2.29 bits per heavy atom. The summed E-state index contributed by atoms with van der Waals surface area (Å²) < 4.78 is 0. The predicted molar refractivity (Wildman–Crippen MR) is 55.6 cm³/mol. The van der Waals surface area contributed by atoms with Gasteiger partial charge in [-0.2, -0.15) is 5.26 Å². The molecule has 0 radical (unpaired) electrons. The number of hydrogen-bond acceptors (Lipinski definition) is 2. The van der Waals surface area contributed by atoms with Gasteiger partial charge in [-0.15, -0.1) is 0 Å². The van der Waals surface area contributed by atoms with Crippen LogP contribution in [0, 0.1) is 11.3 Å². The van der Waals surface area contributed by atoms with Crippen molar-refractivity contribution in [3.8, 4) is 6.07 Å². The number of benzene rings is 1. The van der Waals surface area contributed by atoms with Crippen molar-refractivity contribution >= 4 is 0 Å². The van der Waals surface area contributed by atoms with Gasteiger partial charge in [0.05, 0.1) is 11.6 Å². The lowest BCUT2D eigenvalue weighted by molar-refractivity contribution is 0.338. The van der Waals surface area contributed by atoms with E-state index in [1.807, 2.05) is 18.2 Å². The summed E-state index contributed by atoms with van der Waals surface area (Å²) in [5.41, 5.74) is 1.95. The molecule has 0 aromatic heterocycles. The minimum absolute atomic E-state index is 0.709. The van der Waals surface area contributed by atoms with Crippen molar-refractivity contribution < 1.29 is 0 Å². The number of nitriles is 1. The standard InChI is InChI=1S/C12H14N2/c13-8-10-3-1-4-11(7-10)9-14-12-5-2-6-12/h1,3-4,7,12,14H,2,5-6,9H2. The second-order valence-electron chi connectivity index (χ2n) is 3.82. The van der Waals surface area contributed by atoms with Crippen LogP contribution in [0.1, 0.15) is 30.4 Å². The lowest BCUT2D eigenvalue weighted by Gasteiger charge is -2.26. The summed E-state index contributed by atoms with van der Waals surface area (Å²) in [7, 11) is 0. The molecule has 0 unspecified atom stereocenters. The van der Waals surface area contributed by atoms with E-state index in [4.69, 9.17) is 5.26 Å². The van der Waals surface area contributed by atoms with Crippen LogP contribution in [0.2, 0.25) is 0 Å². The van der Waals surface area contributed by atoms with E-state index in [1.165, 1.54) is 24.8 Å². The molecule has 2 rings (SSSR count). The highest BCUT2D eigenvalue weighted by Crippen LogP contribution is 2.18. The minimum Gasteiger partial charge on any atom is -0.310 e. The molecule has 1 aromatic rings. The molecule has 14 heavy (non-hydrogen) atoms. The van der Waals surface area contributed by atoms with Crippen LogP contribution in [-0.4, -0.2) is 6.04 Å². The molecular weight excluding hydrogens is 172 g/mol. The Kier molecular flexibility index (Phi) is 2.81. The molecule has 1 N–H and O–H groups in total. The summed E-state index contributed by atoms with van der Waals surface area (Å²) in [6, 6.07) is 10.7. The van der Waals surface area contributed by atoms with Crippen LogP contribution in [0.3, 0.4) is 0 Å². The van der Waals surface area contributed by atoms with Gasteiger partial charge in [-0.3, -0.25) is 0 Å². The third-order valence-electron chi connectivity index (χ3n) is 2.76. The topological polar surface area (TPSA) is 35.8 Å². The summed E-state index contributed by atoms with van der Waals surface area (Å²) in [5, 5.41) is 12.2. The molecule has 0 aliphatic heterocycles. The second kappa shape index (κ2) is 4.26. The van der Waals surface area contributed by atoms with Crippen LogP contribution in [0.4, 0.5) is 0 Å². The van der Waals surface area contributed by atoms with Gasteiger partial charge in [0.1, 0.15) is 0 Å². The molecule has 1 aliphatic carbocycles. The van der Waals surface area contributed by atoms with Crippen LogP contribution in [0.15, 0.2) is 24.3 Å². The molecule has 1 aliphatic rings. The highest BCUT2D eigenvalue weighted by molar-refractivity contribution is 5.32. The smallest absolute Gasteiger partial charge is 0.0991 e.